The number of methoxy groups -OCH3 is 1. The van der Waals surface area contributed by atoms with Gasteiger partial charge in [-0.25, -0.2) is 4.79 Å². The first-order valence-electron chi connectivity index (χ1n) is 19.0. The second-order valence-electron chi connectivity index (χ2n) is 18.0. The van der Waals surface area contributed by atoms with Crippen molar-refractivity contribution in [1.29, 1.82) is 0 Å². The zero-order valence-corrected chi connectivity index (χ0v) is 32.9. The average molecular weight is 803 g/mol. The summed E-state index contributed by atoms with van der Waals surface area (Å²) in [6, 6.07) is 1.53. The van der Waals surface area contributed by atoms with Crippen LogP contribution in [0.5, 0.6) is 0 Å². The van der Waals surface area contributed by atoms with Crippen molar-refractivity contribution in [2.75, 3.05) is 7.11 Å². The molecule has 3 aliphatic heterocycles. The van der Waals surface area contributed by atoms with E-state index < -0.39 is 141 Å². The van der Waals surface area contributed by atoms with Gasteiger partial charge >= 0.3 is 35.8 Å². The van der Waals surface area contributed by atoms with Crippen molar-refractivity contribution in [2.45, 2.75) is 140 Å². The zero-order valence-electron chi connectivity index (χ0n) is 32.9. The summed E-state index contributed by atoms with van der Waals surface area (Å²) >= 11 is 0. The van der Waals surface area contributed by atoms with Gasteiger partial charge in [0.2, 0.25) is 6.10 Å². The predicted molar refractivity (Wildman–Crippen MR) is 180 cm³/mol. The minimum atomic E-state index is -2.80. The highest BCUT2D eigenvalue weighted by molar-refractivity contribution is 5.84. The SMILES string of the molecule is COC(=O)C[C@H]1[C@]2(C)C[C@]3(O)[C@@](O)([C@@H](OC(=O)C(C)C)[C@]45OC6(C)O[C@H]([C@H](OC(C)=O)[C@]78C[C@@]74[C@@H](OC(C)=O)C(=O)O[C@H]8c4ccoc4)[C@]5(O6)[C@]13C)[C@H]2OC(C)=O. The highest BCUT2D eigenvalue weighted by Crippen LogP contribution is 2.95. The van der Waals surface area contributed by atoms with Crippen molar-refractivity contribution in [3.63, 3.8) is 0 Å². The summed E-state index contributed by atoms with van der Waals surface area (Å²) in [4.78, 5) is 82.0. The zero-order chi connectivity index (χ0) is 41.5. The lowest BCUT2D eigenvalue weighted by molar-refractivity contribution is -0.453. The van der Waals surface area contributed by atoms with Crippen LogP contribution in [-0.4, -0.2) is 112 Å². The molecule has 310 valence electrons. The number of aliphatic hydroxyl groups is 2. The second-order valence-corrected chi connectivity index (χ2v) is 18.0. The number of hydrogen-bond donors (Lipinski definition) is 2. The van der Waals surface area contributed by atoms with Gasteiger partial charge in [-0.3, -0.25) is 24.0 Å². The molecule has 1 aromatic rings. The highest BCUT2D eigenvalue weighted by atomic mass is 17.0. The Morgan fingerprint density at radius 3 is 2.12 bits per heavy atom. The number of carbonyl (C=O) groups is 6. The number of rotatable bonds is 8. The summed E-state index contributed by atoms with van der Waals surface area (Å²) in [7, 11) is 1.18. The predicted octanol–water partition coefficient (Wildman–Crippen LogP) is 1.31. The first-order chi connectivity index (χ1) is 26.5. The van der Waals surface area contributed by atoms with E-state index in [1.807, 2.05) is 0 Å². The van der Waals surface area contributed by atoms with E-state index in [-0.39, 0.29) is 12.8 Å². The van der Waals surface area contributed by atoms with Crippen LogP contribution in [0.4, 0.5) is 0 Å². The van der Waals surface area contributed by atoms with Crippen LogP contribution in [0, 0.1) is 33.5 Å². The van der Waals surface area contributed by atoms with Crippen LogP contribution in [0.25, 0.3) is 0 Å². The van der Waals surface area contributed by atoms with E-state index in [1.54, 1.807) is 13.8 Å². The minimum absolute atomic E-state index is 0.240. The highest BCUT2D eigenvalue weighted by Gasteiger charge is 3.11. The second kappa shape index (κ2) is 10.9. The Morgan fingerprint density at radius 1 is 0.895 bits per heavy atom. The number of ether oxygens (including phenoxy) is 9. The number of esters is 6. The lowest BCUT2D eigenvalue weighted by Crippen LogP contribution is -2.97. The molecule has 1 unspecified atom stereocenters. The quantitative estimate of drug-likeness (QED) is 0.278. The van der Waals surface area contributed by atoms with E-state index in [4.69, 9.17) is 47.0 Å². The van der Waals surface area contributed by atoms with E-state index in [2.05, 4.69) is 0 Å². The molecule has 18 heteroatoms. The molecule has 57 heavy (non-hydrogen) atoms. The minimum Gasteiger partial charge on any atom is -0.472 e. The molecule has 2 N–H and O–H groups in total. The van der Waals surface area contributed by atoms with E-state index in [9.17, 15) is 39.0 Å². The molecule has 9 rings (SSSR count). The molecule has 4 heterocycles. The van der Waals surface area contributed by atoms with Gasteiger partial charge in [-0.2, -0.15) is 0 Å². The molecular weight excluding hydrogens is 756 g/mol. The van der Waals surface area contributed by atoms with Crippen molar-refractivity contribution >= 4 is 35.8 Å². The molecule has 5 aliphatic carbocycles. The van der Waals surface area contributed by atoms with Gasteiger partial charge in [0.25, 0.3) is 5.97 Å². The first-order valence-corrected chi connectivity index (χ1v) is 19.0. The molecule has 0 amide bonds. The van der Waals surface area contributed by atoms with Gasteiger partial charge in [-0.15, -0.1) is 0 Å². The Kier molecular flexibility index (Phi) is 7.37. The number of carbonyl (C=O) groups excluding carboxylic acids is 6. The van der Waals surface area contributed by atoms with Gasteiger partial charge in [0.05, 0.1) is 36.4 Å². The Morgan fingerprint density at radius 2 is 1.54 bits per heavy atom. The summed E-state index contributed by atoms with van der Waals surface area (Å²) in [6.45, 7) is 11.0. The largest absolute Gasteiger partial charge is 0.472 e. The molecule has 1 aromatic heterocycles. The van der Waals surface area contributed by atoms with Crippen LogP contribution in [0.15, 0.2) is 23.0 Å². The van der Waals surface area contributed by atoms with Crippen LogP contribution in [0.1, 0.15) is 86.3 Å². The third-order valence-corrected chi connectivity index (χ3v) is 15.3. The van der Waals surface area contributed by atoms with Gasteiger partial charge in [0, 0.05) is 50.5 Å². The molecule has 1 spiro atoms. The third-order valence-electron chi connectivity index (χ3n) is 15.3. The fourth-order valence-corrected chi connectivity index (χ4v) is 13.9. The molecule has 0 aromatic carbocycles. The molecule has 0 radical (unpaired) electrons. The summed E-state index contributed by atoms with van der Waals surface area (Å²) in [5.41, 5.74) is -16.8. The smallest absolute Gasteiger partial charge is 0.348 e. The topological polar surface area (TPSA) is 239 Å². The van der Waals surface area contributed by atoms with Gasteiger partial charge in [-0.05, 0) is 24.8 Å². The Balaban J connectivity index is 1.46. The van der Waals surface area contributed by atoms with Crippen molar-refractivity contribution in [3.8, 4) is 0 Å². The standard InChI is InChI=1S/C39H46O18/c1-16(2)27(44)54-30-37(47)29(52-19(5)42)31(6)14-36(37,46)32(7,21(31)12-22(43)48-9)38-25-24(50-17(3)40)34-15-35(34,39(30,38)57-33(8,55-25)56-38)26(51-18(4)41)28(45)53-23(34)20-10-11-49-13-20/h10-11,13,16,21,23-26,29-30,46-47H,12,14-15H2,1-9H3/t21-,23-,24-,25+,26-,29-,30+,31-,32+,33?,34+,35+,36+,37-,38-,39-/m0/s1. The molecule has 3 saturated heterocycles. The number of fused-ring (bicyclic) bond motifs is 2. The maximum Gasteiger partial charge on any atom is 0.348 e. The maximum absolute atomic E-state index is 14.7. The van der Waals surface area contributed by atoms with Crippen LogP contribution < -0.4 is 0 Å². The lowest BCUT2D eigenvalue weighted by atomic mass is 9.33. The summed E-state index contributed by atoms with van der Waals surface area (Å²) in [6.07, 6.45) is -8.37. The normalized spacial score (nSPS) is 51.2. The maximum atomic E-state index is 14.7. The van der Waals surface area contributed by atoms with Gasteiger partial charge in [0.1, 0.15) is 35.6 Å². The van der Waals surface area contributed by atoms with Gasteiger partial charge in [0.15, 0.2) is 17.3 Å². The molecule has 18 nitrogen and oxygen atoms in total. The number of hydrogen-bond acceptors (Lipinski definition) is 18. The molecule has 8 aliphatic rings. The van der Waals surface area contributed by atoms with Crippen LogP contribution >= 0.6 is 0 Å². The Hall–Kier alpha value is -4.10. The molecule has 4 bridgehead atoms. The molecule has 5 saturated carbocycles. The fraction of sp³-hybridized carbons (Fsp3) is 0.744. The van der Waals surface area contributed by atoms with Crippen LogP contribution in [0.3, 0.4) is 0 Å². The summed E-state index contributed by atoms with van der Waals surface area (Å²) in [5, 5.41) is 27.6. The monoisotopic (exact) mass is 802 g/mol. The number of cyclic esters (lactones) is 1. The van der Waals surface area contributed by atoms with E-state index in [0.29, 0.717) is 5.56 Å². The van der Waals surface area contributed by atoms with E-state index in [0.717, 1.165) is 13.8 Å². The molecule has 16 atom stereocenters. The van der Waals surface area contributed by atoms with Crippen molar-refractivity contribution in [1.82, 2.24) is 0 Å². The summed E-state index contributed by atoms with van der Waals surface area (Å²) in [5.74, 6) is -9.42. The lowest BCUT2D eigenvalue weighted by Gasteiger charge is -2.76. The number of furan rings is 1. The van der Waals surface area contributed by atoms with Crippen molar-refractivity contribution in [2.24, 2.45) is 33.5 Å². The van der Waals surface area contributed by atoms with E-state index in [1.165, 1.54) is 53.4 Å². The Labute approximate surface area is 326 Å². The molecular formula is C39H46O18. The van der Waals surface area contributed by atoms with Gasteiger partial charge in [-0.1, -0.05) is 27.7 Å². The third kappa shape index (κ3) is 3.74. The van der Waals surface area contributed by atoms with Crippen molar-refractivity contribution in [3.05, 3.63) is 24.2 Å². The average Bonchev–Trinajstić information content (AvgIpc) is 3.47. The van der Waals surface area contributed by atoms with Gasteiger partial charge < -0.3 is 57.3 Å². The Bertz CT molecular complexity index is 2030. The van der Waals surface area contributed by atoms with Crippen LogP contribution in [0.2, 0.25) is 0 Å². The van der Waals surface area contributed by atoms with Crippen molar-refractivity contribution < 1.29 is 86.0 Å². The first kappa shape index (κ1) is 38.4. The van der Waals surface area contributed by atoms with Crippen LogP contribution in [-0.2, 0) is 71.4 Å². The van der Waals surface area contributed by atoms with E-state index >= 15 is 0 Å². The fourth-order valence-electron chi connectivity index (χ4n) is 13.9. The summed E-state index contributed by atoms with van der Waals surface area (Å²) < 4.78 is 62.4. The molecule has 8 fully saturated rings.